The number of rotatable bonds is 3. The summed E-state index contributed by atoms with van der Waals surface area (Å²) in [6, 6.07) is 5.59. The Hall–Kier alpha value is -1.22. The zero-order chi connectivity index (χ0) is 10.6. The second kappa shape index (κ2) is 4.86. The number of nitrogens with zero attached hydrogens (tertiary/aromatic N) is 2. The van der Waals surface area contributed by atoms with Crippen molar-refractivity contribution < 1.29 is 4.74 Å². The molecule has 0 aromatic heterocycles. The zero-order valence-electron chi connectivity index (χ0n) is 8.49. The van der Waals surface area contributed by atoms with Crippen molar-refractivity contribution in [3.8, 4) is 5.75 Å². The molecule has 0 fully saturated rings. The third-order valence-electron chi connectivity index (χ3n) is 1.83. The van der Waals surface area contributed by atoms with Gasteiger partial charge in [-0.2, -0.15) is 0 Å². The number of ether oxygens (including phenoxy) is 1. The largest absolute Gasteiger partial charge is 0.495 e. The third-order valence-corrected chi connectivity index (χ3v) is 2.13. The molecule has 1 aromatic carbocycles. The molecule has 3 nitrogen and oxygen atoms in total. The van der Waals surface area contributed by atoms with Gasteiger partial charge in [-0.05, 0) is 18.2 Å². The van der Waals surface area contributed by atoms with Gasteiger partial charge in [0.15, 0.2) is 0 Å². The van der Waals surface area contributed by atoms with Crippen LogP contribution in [0.1, 0.15) is 0 Å². The van der Waals surface area contributed by atoms with Crippen LogP contribution in [0.3, 0.4) is 0 Å². The highest BCUT2D eigenvalue weighted by Gasteiger charge is 2.03. The topological polar surface area (TPSA) is 24.8 Å². The van der Waals surface area contributed by atoms with Crippen LogP contribution in [0.15, 0.2) is 23.2 Å². The van der Waals surface area contributed by atoms with Crippen molar-refractivity contribution in [2.24, 2.45) is 4.99 Å². The predicted octanol–water partition coefficient (Wildman–Crippen LogP) is 2.44. The Morgan fingerprint density at radius 2 is 2.21 bits per heavy atom. The lowest BCUT2D eigenvalue weighted by Gasteiger charge is -2.14. The molecule has 0 spiro atoms. The first kappa shape index (κ1) is 10.9. The van der Waals surface area contributed by atoms with E-state index >= 15 is 0 Å². The minimum atomic E-state index is 0.598. The van der Waals surface area contributed by atoms with E-state index in [0.29, 0.717) is 10.8 Å². The first-order chi connectivity index (χ1) is 6.69. The van der Waals surface area contributed by atoms with E-state index in [9.17, 15) is 0 Å². The van der Waals surface area contributed by atoms with Crippen LogP contribution in [-0.4, -0.2) is 27.5 Å². The van der Waals surface area contributed by atoms with Crippen molar-refractivity contribution in [1.29, 1.82) is 0 Å². The molecule has 0 amide bonds. The van der Waals surface area contributed by atoms with Crippen LogP contribution in [-0.2, 0) is 0 Å². The molecule has 76 valence electrons. The second-order valence-corrected chi connectivity index (χ2v) is 3.21. The summed E-state index contributed by atoms with van der Waals surface area (Å²) in [5, 5.41) is 0.598. The third kappa shape index (κ3) is 2.39. The normalized spacial score (nSPS) is 10.6. The van der Waals surface area contributed by atoms with Gasteiger partial charge in [0.2, 0.25) is 0 Å². The van der Waals surface area contributed by atoms with E-state index in [0.717, 1.165) is 5.69 Å². The van der Waals surface area contributed by atoms with Gasteiger partial charge in [0.1, 0.15) is 5.75 Å². The molecular formula is C10H13ClN2O. The Morgan fingerprint density at radius 1 is 1.50 bits per heavy atom. The minimum Gasteiger partial charge on any atom is -0.495 e. The van der Waals surface area contributed by atoms with E-state index in [-0.39, 0.29) is 0 Å². The van der Waals surface area contributed by atoms with Gasteiger partial charge >= 0.3 is 0 Å². The second-order valence-electron chi connectivity index (χ2n) is 2.80. The Morgan fingerprint density at radius 3 is 2.71 bits per heavy atom. The summed E-state index contributed by atoms with van der Waals surface area (Å²) in [6.45, 7) is 0. The maximum atomic E-state index is 5.98. The quantitative estimate of drug-likeness (QED) is 0.568. The first-order valence-corrected chi connectivity index (χ1v) is 4.55. The molecule has 0 unspecified atom stereocenters. The van der Waals surface area contributed by atoms with E-state index < -0.39 is 0 Å². The molecule has 1 aromatic rings. The van der Waals surface area contributed by atoms with Gasteiger partial charge in [0.25, 0.3) is 0 Å². The lowest BCUT2D eigenvalue weighted by Crippen LogP contribution is -2.13. The van der Waals surface area contributed by atoms with Crippen molar-refractivity contribution in [3.05, 3.63) is 23.2 Å². The predicted molar refractivity (Wildman–Crippen MR) is 60.8 cm³/mol. The summed E-state index contributed by atoms with van der Waals surface area (Å²) in [5.41, 5.74) is 0.974. The lowest BCUT2D eigenvalue weighted by molar-refractivity contribution is 0.415. The SMILES string of the molecule is CN=CN(C)c1ccc(OC)c(Cl)c1. The van der Waals surface area contributed by atoms with Crippen LogP contribution >= 0.6 is 11.6 Å². The fourth-order valence-corrected chi connectivity index (χ4v) is 1.37. The Labute approximate surface area is 89.0 Å². The fraction of sp³-hybridized carbons (Fsp3) is 0.300. The summed E-state index contributed by atoms with van der Waals surface area (Å²) in [4.78, 5) is 5.79. The number of anilines is 1. The highest BCUT2D eigenvalue weighted by atomic mass is 35.5. The highest BCUT2D eigenvalue weighted by molar-refractivity contribution is 6.32. The van der Waals surface area contributed by atoms with Gasteiger partial charge in [-0.25, -0.2) is 0 Å². The number of methoxy groups -OCH3 is 1. The van der Waals surface area contributed by atoms with Crippen LogP contribution in [0.4, 0.5) is 5.69 Å². The number of halogens is 1. The van der Waals surface area contributed by atoms with Gasteiger partial charge in [-0.1, -0.05) is 11.6 Å². The van der Waals surface area contributed by atoms with Crippen molar-refractivity contribution in [2.45, 2.75) is 0 Å². The van der Waals surface area contributed by atoms with Crippen LogP contribution < -0.4 is 9.64 Å². The van der Waals surface area contributed by atoms with Crippen LogP contribution in [0.2, 0.25) is 5.02 Å². The maximum absolute atomic E-state index is 5.98. The van der Waals surface area contributed by atoms with E-state index in [1.165, 1.54) is 0 Å². The monoisotopic (exact) mass is 212 g/mol. The van der Waals surface area contributed by atoms with Gasteiger partial charge in [0.05, 0.1) is 18.5 Å². The fourth-order valence-electron chi connectivity index (χ4n) is 1.11. The van der Waals surface area contributed by atoms with E-state index in [1.54, 1.807) is 20.5 Å². The minimum absolute atomic E-state index is 0.598. The van der Waals surface area contributed by atoms with Crippen molar-refractivity contribution in [1.82, 2.24) is 0 Å². The molecule has 4 heteroatoms. The summed E-state index contributed by atoms with van der Waals surface area (Å²) in [6.07, 6.45) is 1.72. The molecule has 0 aliphatic carbocycles. The van der Waals surface area contributed by atoms with E-state index in [2.05, 4.69) is 4.99 Å². The Balaban J connectivity index is 2.96. The summed E-state index contributed by atoms with van der Waals surface area (Å²) >= 11 is 5.98. The molecule has 1 rings (SSSR count). The summed E-state index contributed by atoms with van der Waals surface area (Å²) < 4.78 is 5.06. The van der Waals surface area contributed by atoms with Crippen LogP contribution in [0.25, 0.3) is 0 Å². The molecule has 0 N–H and O–H groups in total. The average Bonchev–Trinajstić information content (AvgIpc) is 2.18. The molecule has 0 bridgehead atoms. The molecule has 0 heterocycles. The summed E-state index contributed by atoms with van der Waals surface area (Å²) in [7, 11) is 5.23. The highest BCUT2D eigenvalue weighted by Crippen LogP contribution is 2.28. The summed E-state index contributed by atoms with van der Waals surface area (Å²) in [5.74, 6) is 0.678. The van der Waals surface area contributed by atoms with Crippen molar-refractivity contribution >= 4 is 23.6 Å². The maximum Gasteiger partial charge on any atom is 0.137 e. The Bertz CT molecular complexity index is 339. The van der Waals surface area contributed by atoms with Gasteiger partial charge in [-0.15, -0.1) is 0 Å². The van der Waals surface area contributed by atoms with Gasteiger partial charge < -0.3 is 9.64 Å². The van der Waals surface area contributed by atoms with Crippen LogP contribution in [0, 0.1) is 0 Å². The molecule has 0 aliphatic rings. The molecule has 0 radical (unpaired) electrons. The number of benzene rings is 1. The van der Waals surface area contributed by atoms with E-state index in [4.69, 9.17) is 16.3 Å². The van der Waals surface area contributed by atoms with Gasteiger partial charge in [-0.3, -0.25) is 4.99 Å². The number of hydrogen-bond acceptors (Lipinski definition) is 2. The average molecular weight is 213 g/mol. The Kier molecular flexibility index (Phi) is 3.77. The molecule has 14 heavy (non-hydrogen) atoms. The molecular weight excluding hydrogens is 200 g/mol. The lowest BCUT2D eigenvalue weighted by atomic mass is 10.3. The first-order valence-electron chi connectivity index (χ1n) is 4.17. The van der Waals surface area contributed by atoms with Crippen molar-refractivity contribution in [3.63, 3.8) is 0 Å². The molecule has 0 aliphatic heterocycles. The standard InChI is InChI=1S/C10H13ClN2O/c1-12-7-13(2)8-4-5-10(14-3)9(11)6-8/h4-7H,1-3H3. The number of aliphatic imine (C=N–C) groups is 1. The smallest absolute Gasteiger partial charge is 0.137 e. The number of hydrogen-bond donors (Lipinski definition) is 0. The molecule has 0 saturated heterocycles. The van der Waals surface area contributed by atoms with Crippen LogP contribution in [0.5, 0.6) is 5.75 Å². The van der Waals surface area contributed by atoms with Gasteiger partial charge in [0, 0.05) is 19.8 Å². The molecule has 0 atom stereocenters. The van der Waals surface area contributed by atoms with Crippen molar-refractivity contribution in [2.75, 3.05) is 26.1 Å². The van der Waals surface area contributed by atoms with E-state index in [1.807, 2.05) is 30.1 Å². The zero-order valence-corrected chi connectivity index (χ0v) is 9.25. The molecule has 0 saturated carbocycles.